The zero-order valence-corrected chi connectivity index (χ0v) is 16.8. The van der Waals surface area contributed by atoms with Gasteiger partial charge in [0.25, 0.3) is 5.91 Å². The van der Waals surface area contributed by atoms with Crippen molar-refractivity contribution < 1.29 is 14.6 Å². The fourth-order valence-electron chi connectivity index (χ4n) is 3.04. The van der Waals surface area contributed by atoms with E-state index in [0.717, 1.165) is 29.7 Å². The standard InChI is InChI=1S/C22H24ClN3O3/c23-18-10-8-16(9-11-18)14-29-21-7-2-1-4-17(21)5-3-6-19(27)12-26-13-20(22(24)28)25-15-26/h1-2,4,7-11,13,15,19,27H,3,5-6,12,14H2,(H2,24,28). The van der Waals surface area contributed by atoms with Gasteiger partial charge in [0.2, 0.25) is 0 Å². The number of primary amides is 1. The molecule has 0 aliphatic rings. The molecule has 3 aromatic rings. The predicted octanol–water partition coefficient (Wildman–Crippen LogP) is 3.60. The van der Waals surface area contributed by atoms with E-state index in [4.69, 9.17) is 22.1 Å². The summed E-state index contributed by atoms with van der Waals surface area (Å²) in [7, 11) is 0. The van der Waals surface area contributed by atoms with Crippen molar-refractivity contribution in [3.8, 4) is 5.75 Å². The summed E-state index contributed by atoms with van der Waals surface area (Å²) in [4.78, 5) is 15.0. The summed E-state index contributed by atoms with van der Waals surface area (Å²) < 4.78 is 7.65. The number of amides is 1. The number of ether oxygens (including phenoxy) is 1. The first kappa shape index (κ1) is 20.9. The molecule has 0 bridgehead atoms. The van der Waals surface area contributed by atoms with Crippen LogP contribution in [-0.2, 0) is 19.6 Å². The topological polar surface area (TPSA) is 90.4 Å². The predicted molar refractivity (Wildman–Crippen MR) is 112 cm³/mol. The van der Waals surface area contributed by atoms with Crippen molar-refractivity contribution in [1.29, 1.82) is 0 Å². The van der Waals surface area contributed by atoms with E-state index in [0.29, 0.717) is 24.6 Å². The highest BCUT2D eigenvalue weighted by atomic mass is 35.5. The summed E-state index contributed by atoms with van der Waals surface area (Å²) in [5, 5.41) is 11.0. The Bertz CT molecular complexity index is 940. The Hall–Kier alpha value is -2.83. The van der Waals surface area contributed by atoms with Crippen LogP contribution in [0.4, 0.5) is 0 Å². The second-order valence-electron chi connectivity index (χ2n) is 6.89. The van der Waals surface area contributed by atoms with E-state index in [1.807, 2.05) is 48.5 Å². The molecule has 1 aromatic heterocycles. The summed E-state index contributed by atoms with van der Waals surface area (Å²) in [6, 6.07) is 15.5. The highest BCUT2D eigenvalue weighted by molar-refractivity contribution is 6.30. The van der Waals surface area contributed by atoms with Crippen LogP contribution in [0.5, 0.6) is 5.75 Å². The lowest BCUT2D eigenvalue weighted by molar-refractivity contribution is 0.0995. The molecule has 1 heterocycles. The average molecular weight is 414 g/mol. The number of aromatic nitrogens is 2. The SMILES string of the molecule is NC(=O)c1cn(CC(O)CCCc2ccccc2OCc2ccc(Cl)cc2)cn1. The first-order valence-electron chi connectivity index (χ1n) is 9.46. The molecule has 152 valence electrons. The summed E-state index contributed by atoms with van der Waals surface area (Å²) in [5.41, 5.74) is 7.54. The minimum absolute atomic E-state index is 0.198. The van der Waals surface area contributed by atoms with E-state index < -0.39 is 12.0 Å². The van der Waals surface area contributed by atoms with E-state index in [2.05, 4.69) is 4.98 Å². The molecule has 0 saturated heterocycles. The lowest BCUT2D eigenvalue weighted by Gasteiger charge is -2.14. The van der Waals surface area contributed by atoms with Crippen LogP contribution in [0.3, 0.4) is 0 Å². The smallest absolute Gasteiger partial charge is 0.268 e. The van der Waals surface area contributed by atoms with Gasteiger partial charge >= 0.3 is 0 Å². The highest BCUT2D eigenvalue weighted by Crippen LogP contribution is 2.22. The highest BCUT2D eigenvalue weighted by Gasteiger charge is 2.10. The molecule has 2 aromatic carbocycles. The number of benzene rings is 2. The van der Waals surface area contributed by atoms with Crippen LogP contribution in [-0.4, -0.2) is 26.7 Å². The van der Waals surface area contributed by atoms with Gasteiger partial charge in [0, 0.05) is 17.8 Å². The van der Waals surface area contributed by atoms with E-state index >= 15 is 0 Å². The molecule has 3 N–H and O–H groups in total. The molecule has 0 saturated carbocycles. The monoisotopic (exact) mass is 413 g/mol. The Morgan fingerprint density at radius 2 is 1.97 bits per heavy atom. The Morgan fingerprint density at radius 1 is 1.21 bits per heavy atom. The van der Waals surface area contributed by atoms with Gasteiger partial charge in [-0.05, 0) is 48.6 Å². The van der Waals surface area contributed by atoms with Crippen molar-refractivity contribution in [2.45, 2.75) is 38.5 Å². The van der Waals surface area contributed by atoms with Crippen molar-refractivity contribution in [2.24, 2.45) is 5.73 Å². The van der Waals surface area contributed by atoms with E-state index in [-0.39, 0.29) is 5.69 Å². The molecule has 29 heavy (non-hydrogen) atoms. The van der Waals surface area contributed by atoms with Gasteiger partial charge in [0.05, 0.1) is 12.4 Å². The molecule has 1 atom stereocenters. The number of rotatable bonds is 10. The third-order valence-corrected chi connectivity index (χ3v) is 4.82. The van der Waals surface area contributed by atoms with E-state index in [1.54, 1.807) is 10.8 Å². The third-order valence-electron chi connectivity index (χ3n) is 4.57. The summed E-state index contributed by atoms with van der Waals surface area (Å²) in [6.07, 6.45) is 4.74. The maximum absolute atomic E-state index is 11.1. The molecular formula is C22H24ClN3O3. The van der Waals surface area contributed by atoms with Crippen LogP contribution in [0.1, 0.15) is 34.5 Å². The summed E-state index contributed by atoms with van der Waals surface area (Å²) in [5.74, 6) is 0.270. The normalized spacial score (nSPS) is 11.9. The second kappa shape index (κ2) is 10.1. The van der Waals surface area contributed by atoms with Gasteiger partial charge < -0.3 is 20.1 Å². The van der Waals surface area contributed by atoms with Crippen LogP contribution in [0.15, 0.2) is 61.1 Å². The largest absolute Gasteiger partial charge is 0.489 e. The number of nitrogens with two attached hydrogens (primary N) is 1. The van der Waals surface area contributed by atoms with Crippen LogP contribution < -0.4 is 10.5 Å². The maximum atomic E-state index is 11.1. The van der Waals surface area contributed by atoms with Crippen molar-refractivity contribution in [3.05, 3.63) is 82.9 Å². The number of aliphatic hydroxyl groups is 1. The van der Waals surface area contributed by atoms with Gasteiger partial charge in [0.15, 0.2) is 0 Å². The number of para-hydroxylation sites is 1. The first-order valence-corrected chi connectivity index (χ1v) is 9.84. The first-order chi connectivity index (χ1) is 14.0. The number of aliphatic hydroxyl groups excluding tert-OH is 1. The fraction of sp³-hybridized carbons (Fsp3) is 0.273. The summed E-state index contributed by atoms with van der Waals surface area (Å²) >= 11 is 5.92. The van der Waals surface area contributed by atoms with Gasteiger partial charge in [-0.25, -0.2) is 4.98 Å². The lowest BCUT2D eigenvalue weighted by Crippen LogP contribution is -2.15. The fourth-order valence-corrected chi connectivity index (χ4v) is 3.17. The Labute approximate surface area is 174 Å². The average Bonchev–Trinajstić information content (AvgIpc) is 3.17. The molecule has 0 aliphatic carbocycles. The molecule has 6 nitrogen and oxygen atoms in total. The van der Waals surface area contributed by atoms with Gasteiger partial charge in [-0.3, -0.25) is 4.79 Å². The van der Waals surface area contributed by atoms with Crippen molar-refractivity contribution in [2.75, 3.05) is 0 Å². The van der Waals surface area contributed by atoms with Gasteiger partial charge in [0.1, 0.15) is 18.1 Å². The quantitative estimate of drug-likeness (QED) is 0.531. The zero-order chi connectivity index (χ0) is 20.6. The lowest BCUT2D eigenvalue weighted by atomic mass is 10.0. The minimum Gasteiger partial charge on any atom is -0.489 e. The number of carbonyl (C=O) groups excluding carboxylic acids is 1. The molecule has 0 spiro atoms. The van der Waals surface area contributed by atoms with Gasteiger partial charge in [-0.2, -0.15) is 0 Å². The molecular weight excluding hydrogens is 390 g/mol. The number of imidazole rings is 1. The Kier molecular flexibility index (Phi) is 7.27. The Balaban J connectivity index is 1.48. The summed E-state index contributed by atoms with van der Waals surface area (Å²) in [6.45, 7) is 0.842. The second-order valence-corrected chi connectivity index (χ2v) is 7.33. The molecule has 0 aliphatic heterocycles. The number of nitrogens with zero attached hydrogens (tertiary/aromatic N) is 2. The number of carbonyl (C=O) groups is 1. The van der Waals surface area contributed by atoms with Gasteiger partial charge in [-0.1, -0.05) is 41.9 Å². The van der Waals surface area contributed by atoms with Crippen LogP contribution in [0, 0.1) is 0 Å². The molecule has 0 fully saturated rings. The van der Waals surface area contributed by atoms with Gasteiger partial charge in [-0.15, -0.1) is 0 Å². The van der Waals surface area contributed by atoms with Crippen LogP contribution >= 0.6 is 11.6 Å². The number of hydrogen-bond acceptors (Lipinski definition) is 4. The maximum Gasteiger partial charge on any atom is 0.268 e. The number of halogens is 1. The van der Waals surface area contributed by atoms with E-state index in [9.17, 15) is 9.90 Å². The van der Waals surface area contributed by atoms with Crippen molar-refractivity contribution >= 4 is 17.5 Å². The Morgan fingerprint density at radius 3 is 2.69 bits per heavy atom. The third kappa shape index (κ3) is 6.34. The molecule has 3 rings (SSSR count). The van der Waals surface area contributed by atoms with Crippen molar-refractivity contribution in [1.82, 2.24) is 9.55 Å². The number of aryl methyl sites for hydroxylation is 1. The van der Waals surface area contributed by atoms with Crippen molar-refractivity contribution in [3.63, 3.8) is 0 Å². The zero-order valence-electron chi connectivity index (χ0n) is 16.0. The molecule has 1 unspecified atom stereocenters. The minimum atomic E-state index is -0.576. The molecule has 0 radical (unpaired) electrons. The molecule has 1 amide bonds. The van der Waals surface area contributed by atoms with Crippen LogP contribution in [0.2, 0.25) is 5.02 Å². The number of hydrogen-bond donors (Lipinski definition) is 2. The molecule has 7 heteroatoms. The van der Waals surface area contributed by atoms with E-state index in [1.165, 1.54) is 6.33 Å². The van der Waals surface area contributed by atoms with Crippen LogP contribution in [0.25, 0.3) is 0 Å².